The molecule has 0 amide bonds. The van der Waals surface area contributed by atoms with Gasteiger partial charge in [0.2, 0.25) is 0 Å². The van der Waals surface area contributed by atoms with Crippen LogP contribution in [0, 0.1) is 35.5 Å². The van der Waals surface area contributed by atoms with Crippen molar-refractivity contribution >= 4 is 0 Å². The Morgan fingerprint density at radius 3 is 2.83 bits per heavy atom. The lowest BCUT2D eigenvalue weighted by molar-refractivity contribution is -0.0811. The Labute approximate surface area is 138 Å². The predicted octanol–water partition coefficient (Wildman–Crippen LogP) is 3.86. The third-order valence-electron chi connectivity index (χ3n) is 7.39. The molecule has 3 aliphatic rings. The minimum Gasteiger partial charge on any atom is -0.508 e. The van der Waals surface area contributed by atoms with E-state index >= 15 is 0 Å². The van der Waals surface area contributed by atoms with Crippen LogP contribution in [0.3, 0.4) is 0 Å². The van der Waals surface area contributed by atoms with Crippen LogP contribution in [0.2, 0.25) is 0 Å². The highest BCUT2D eigenvalue weighted by Crippen LogP contribution is 2.65. The fourth-order valence-electron chi connectivity index (χ4n) is 6.36. The second-order valence-electron chi connectivity index (χ2n) is 8.36. The fourth-order valence-corrected chi connectivity index (χ4v) is 6.36. The van der Waals surface area contributed by atoms with Gasteiger partial charge in [-0.2, -0.15) is 0 Å². The van der Waals surface area contributed by atoms with Crippen molar-refractivity contribution in [1.82, 2.24) is 0 Å². The SMILES string of the molecule is C#C[C@]1(O)CC[C@H]2[C@H]3CCc4cc(O)ccc4[C@H]3[C@H](C)C[C@@]21C. The summed E-state index contributed by atoms with van der Waals surface area (Å²) in [5.74, 6) is 5.27. The molecule has 1 aromatic carbocycles. The van der Waals surface area contributed by atoms with E-state index in [0.717, 1.165) is 32.1 Å². The normalized spacial score (nSPS) is 44.8. The lowest BCUT2D eigenvalue weighted by Crippen LogP contribution is -2.52. The van der Waals surface area contributed by atoms with Gasteiger partial charge in [0, 0.05) is 5.41 Å². The Kier molecular flexibility index (Phi) is 3.13. The van der Waals surface area contributed by atoms with Crippen LogP contribution in [0.25, 0.3) is 0 Å². The maximum absolute atomic E-state index is 11.0. The minimum atomic E-state index is -0.938. The number of rotatable bonds is 0. The van der Waals surface area contributed by atoms with Crippen molar-refractivity contribution in [2.45, 2.75) is 57.5 Å². The molecule has 6 atom stereocenters. The van der Waals surface area contributed by atoms with Crippen molar-refractivity contribution in [3.05, 3.63) is 29.3 Å². The quantitative estimate of drug-likeness (QED) is 0.714. The third-order valence-corrected chi connectivity index (χ3v) is 7.39. The number of phenols is 1. The van der Waals surface area contributed by atoms with Gasteiger partial charge >= 0.3 is 0 Å². The molecular weight excluding hydrogens is 284 g/mol. The van der Waals surface area contributed by atoms with E-state index in [2.05, 4.69) is 25.8 Å². The molecule has 2 fully saturated rings. The van der Waals surface area contributed by atoms with E-state index < -0.39 is 5.60 Å². The molecule has 2 heteroatoms. The largest absolute Gasteiger partial charge is 0.508 e. The van der Waals surface area contributed by atoms with Crippen LogP contribution in [-0.4, -0.2) is 15.8 Å². The average molecular weight is 310 g/mol. The first kappa shape index (κ1) is 15.1. The summed E-state index contributed by atoms with van der Waals surface area (Å²) in [5, 5.41) is 20.8. The van der Waals surface area contributed by atoms with E-state index in [1.165, 1.54) is 11.1 Å². The molecule has 4 rings (SSSR count). The van der Waals surface area contributed by atoms with Gasteiger partial charge < -0.3 is 10.2 Å². The topological polar surface area (TPSA) is 40.5 Å². The van der Waals surface area contributed by atoms with Crippen molar-refractivity contribution in [3.8, 4) is 18.1 Å². The van der Waals surface area contributed by atoms with Gasteiger partial charge in [0.1, 0.15) is 11.4 Å². The highest BCUT2D eigenvalue weighted by Gasteiger charge is 2.62. The zero-order valence-electron chi connectivity index (χ0n) is 14.0. The molecule has 122 valence electrons. The van der Waals surface area contributed by atoms with Crippen LogP contribution >= 0.6 is 0 Å². The molecule has 0 heterocycles. The van der Waals surface area contributed by atoms with Gasteiger partial charge in [0.15, 0.2) is 0 Å². The van der Waals surface area contributed by atoms with Gasteiger partial charge in [-0.05, 0) is 79.0 Å². The fraction of sp³-hybridized carbons (Fsp3) is 0.619. The van der Waals surface area contributed by atoms with Crippen molar-refractivity contribution in [2.75, 3.05) is 0 Å². The average Bonchev–Trinajstić information content (AvgIpc) is 2.78. The second kappa shape index (κ2) is 4.77. The Hall–Kier alpha value is -1.46. The Morgan fingerprint density at radius 2 is 2.09 bits per heavy atom. The summed E-state index contributed by atoms with van der Waals surface area (Å²) in [6.07, 6.45) is 10.7. The van der Waals surface area contributed by atoms with E-state index in [1.807, 2.05) is 12.1 Å². The van der Waals surface area contributed by atoms with E-state index in [-0.39, 0.29) is 5.41 Å². The molecule has 0 radical (unpaired) electrons. The number of aromatic hydroxyl groups is 1. The molecule has 2 nitrogen and oxygen atoms in total. The van der Waals surface area contributed by atoms with Crippen molar-refractivity contribution in [3.63, 3.8) is 0 Å². The van der Waals surface area contributed by atoms with Crippen LogP contribution < -0.4 is 0 Å². The van der Waals surface area contributed by atoms with Crippen molar-refractivity contribution in [1.29, 1.82) is 0 Å². The van der Waals surface area contributed by atoms with Crippen LogP contribution in [0.4, 0.5) is 0 Å². The molecule has 0 saturated heterocycles. The molecule has 2 N–H and O–H groups in total. The molecule has 0 bridgehead atoms. The zero-order chi connectivity index (χ0) is 16.4. The summed E-state index contributed by atoms with van der Waals surface area (Å²) < 4.78 is 0. The lowest BCUT2D eigenvalue weighted by atomic mass is 9.50. The Balaban J connectivity index is 1.77. The number of benzene rings is 1. The smallest absolute Gasteiger partial charge is 0.130 e. The summed E-state index contributed by atoms with van der Waals surface area (Å²) in [4.78, 5) is 0. The Morgan fingerprint density at radius 1 is 1.30 bits per heavy atom. The first-order valence-corrected chi connectivity index (χ1v) is 8.91. The summed E-state index contributed by atoms with van der Waals surface area (Å²) in [6.45, 7) is 4.54. The van der Waals surface area contributed by atoms with E-state index in [4.69, 9.17) is 6.42 Å². The second-order valence-corrected chi connectivity index (χ2v) is 8.36. The first-order valence-electron chi connectivity index (χ1n) is 8.91. The maximum Gasteiger partial charge on any atom is 0.130 e. The number of hydrogen-bond acceptors (Lipinski definition) is 2. The molecule has 1 aromatic rings. The molecule has 3 aliphatic carbocycles. The number of hydrogen-bond donors (Lipinski definition) is 2. The van der Waals surface area contributed by atoms with Gasteiger partial charge in [-0.1, -0.05) is 25.8 Å². The molecule has 23 heavy (non-hydrogen) atoms. The number of fused-ring (bicyclic) bond motifs is 5. The summed E-state index contributed by atoms with van der Waals surface area (Å²) in [7, 11) is 0. The van der Waals surface area contributed by atoms with Crippen molar-refractivity contribution < 1.29 is 10.2 Å². The Bertz CT molecular complexity index is 688. The monoisotopic (exact) mass is 310 g/mol. The number of aryl methyl sites for hydroxylation is 1. The van der Waals surface area contributed by atoms with Crippen molar-refractivity contribution in [2.24, 2.45) is 23.2 Å². The van der Waals surface area contributed by atoms with E-state index in [0.29, 0.717) is 29.4 Å². The number of phenolic OH excluding ortho intramolecular Hbond substituents is 1. The van der Waals surface area contributed by atoms with Crippen LogP contribution in [0.1, 0.15) is 56.6 Å². The molecule has 0 spiro atoms. The predicted molar refractivity (Wildman–Crippen MR) is 91.1 cm³/mol. The van der Waals surface area contributed by atoms with Crippen LogP contribution in [0.15, 0.2) is 18.2 Å². The van der Waals surface area contributed by atoms with E-state index in [9.17, 15) is 10.2 Å². The summed E-state index contributed by atoms with van der Waals surface area (Å²) >= 11 is 0. The third kappa shape index (κ3) is 1.86. The standard InChI is InChI=1S/C21H26O2/c1-4-21(23)10-9-18-17-7-5-14-11-15(22)6-8-16(14)19(17)13(2)12-20(18,21)3/h1,6,8,11,13,17-19,22-23H,5,7,9-10,12H2,2-3H3/t13-,17-,18+,19-,20+,21+/m1/s1. The van der Waals surface area contributed by atoms with Gasteiger partial charge in [-0.3, -0.25) is 0 Å². The maximum atomic E-state index is 11.0. The first-order chi connectivity index (χ1) is 10.9. The molecule has 0 aromatic heterocycles. The van der Waals surface area contributed by atoms with Gasteiger partial charge in [0.25, 0.3) is 0 Å². The van der Waals surface area contributed by atoms with Gasteiger partial charge in [-0.15, -0.1) is 6.42 Å². The lowest BCUT2D eigenvalue weighted by Gasteiger charge is -2.54. The molecule has 2 saturated carbocycles. The summed E-state index contributed by atoms with van der Waals surface area (Å²) in [5.41, 5.74) is 1.64. The highest BCUT2D eigenvalue weighted by atomic mass is 16.3. The molecule has 0 unspecified atom stereocenters. The van der Waals surface area contributed by atoms with Gasteiger partial charge in [-0.25, -0.2) is 0 Å². The molecular formula is C21H26O2. The zero-order valence-corrected chi connectivity index (χ0v) is 14.0. The van der Waals surface area contributed by atoms with Crippen LogP contribution in [-0.2, 0) is 6.42 Å². The highest BCUT2D eigenvalue weighted by molar-refractivity contribution is 5.41. The van der Waals surface area contributed by atoms with Crippen LogP contribution in [0.5, 0.6) is 5.75 Å². The summed E-state index contributed by atoms with van der Waals surface area (Å²) in [6, 6.07) is 5.90. The molecule has 0 aliphatic heterocycles. The number of terminal acetylenes is 1. The van der Waals surface area contributed by atoms with Gasteiger partial charge in [0.05, 0.1) is 0 Å². The number of aliphatic hydroxyl groups is 1. The van der Waals surface area contributed by atoms with E-state index in [1.54, 1.807) is 0 Å². The minimum absolute atomic E-state index is 0.156.